The Morgan fingerprint density at radius 3 is 2.38 bits per heavy atom. The van der Waals surface area contributed by atoms with Crippen molar-refractivity contribution >= 4 is 5.91 Å². The van der Waals surface area contributed by atoms with Crippen molar-refractivity contribution in [2.24, 2.45) is 0 Å². The maximum Gasteiger partial charge on any atom is 0.387 e. The maximum atomic E-state index is 12.9. The van der Waals surface area contributed by atoms with Crippen molar-refractivity contribution in [1.29, 1.82) is 0 Å². The fourth-order valence-corrected chi connectivity index (χ4v) is 2.17. The van der Waals surface area contributed by atoms with E-state index in [1.54, 1.807) is 6.92 Å². The van der Waals surface area contributed by atoms with E-state index in [9.17, 15) is 23.1 Å². The summed E-state index contributed by atoms with van der Waals surface area (Å²) in [7, 11) is 0. The first kappa shape index (κ1) is 17.8. The highest BCUT2D eigenvalue weighted by atomic mass is 19.3. The molecule has 4 nitrogen and oxygen atoms in total. The highest BCUT2D eigenvalue weighted by molar-refractivity contribution is 5.97. The van der Waals surface area contributed by atoms with E-state index in [1.165, 1.54) is 48.5 Å². The van der Waals surface area contributed by atoms with Crippen LogP contribution in [0.1, 0.15) is 28.9 Å². The molecule has 2 N–H and O–H groups in total. The number of ether oxygens (including phenoxy) is 1. The third-order valence-corrected chi connectivity index (χ3v) is 3.39. The number of para-hydroxylation sites is 1. The van der Waals surface area contributed by atoms with Crippen LogP contribution >= 0.6 is 0 Å². The summed E-state index contributed by atoms with van der Waals surface area (Å²) >= 11 is 0. The third kappa shape index (κ3) is 4.48. The molecule has 0 aliphatic carbocycles. The van der Waals surface area contributed by atoms with Crippen molar-refractivity contribution in [3.05, 3.63) is 65.5 Å². The van der Waals surface area contributed by atoms with Gasteiger partial charge in [-0.3, -0.25) is 4.79 Å². The van der Waals surface area contributed by atoms with Crippen LogP contribution < -0.4 is 10.1 Å². The molecule has 0 aromatic heterocycles. The molecule has 0 fully saturated rings. The van der Waals surface area contributed by atoms with Crippen LogP contribution in [0.15, 0.2) is 48.5 Å². The van der Waals surface area contributed by atoms with Gasteiger partial charge in [0.05, 0.1) is 17.7 Å². The lowest BCUT2D eigenvalue weighted by atomic mass is 10.0. The largest absolute Gasteiger partial charge is 0.434 e. The number of hydrogen-bond donors (Lipinski definition) is 2. The first-order valence-corrected chi connectivity index (χ1v) is 7.16. The van der Waals surface area contributed by atoms with Gasteiger partial charge in [0.1, 0.15) is 11.6 Å². The lowest BCUT2D eigenvalue weighted by molar-refractivity contribution is -0.0501. The van der Waals surface area contributed by atoms with Gasteiger partial charge in [-0.2, -0.15) is 8.78 Å². The Bertz CT molecular complexity index is 692. The van der Waals surface area contributed by atoms with Crippen molar-refractivity contribution in [1.82, 2.24) is 5.32 Å². The van der Waals surface area contributed by atoms with Gasteiger partial charge in [0, 0.05) is 0 Å². The van der Waals surface area contributed by atoms with E-state index in [1.807, 2.05) is 0 Å². The molecule has 0 aliphatic rings. The molecule has 2 aromatic rings. The predicted octanol–water partition coefficient (Wildman–Crippen LogP) is 3.28. The van der Waals surface area contributed by atoms with Crippen molar-refractivity contribution in [2.45, 2.75) is 25.7 Å². The zero-order chi connectivity index (χ0) is 17.7. The zero-order valence-electron chi connectivity index (χ0n) is 12.7. The van der Waals surface area contributed by atoms with Crippen LogP contribution in [0.5, 0.6) is 5.75 Å². The Hall–Kier alpha value is -2.54. The Labute approximate surface area is 136 Å². The highest BCUT2D eigenvalue weighted by Crippen LogP contribution is 2.22. The lowest BCUT2D eigenvalue weighted by Gasteiger charge is -2.21. The van der Waals surface area contributed by atoms with E-state index in [2.05, 4.69) is 10.1 Å². The summed E-state index contributed by atoms with van der Waals surface area (Å²) in [5, 5.41) is 12.7. The van der Waals surface area contributed by atoms with Gasteiger partial charge in [-0.25, -0.2) is 4.39 Å². The summed E-state index contributed by atoms with van der Waals surface area (Å²) in [5.74, 6) is -1.37. The number of aliphatic hydroxyl groups is 1. The number of amides is 1. The summed E-state index contributed by atoms with van der Waals surface area (Å²) in [6, 6.07) is 10.0. The SMILES string of the molecule is C[C@H](NC(=O)c1ccccc1OC(F)F)[C@@H](O)c1ccc(F)cc1. The molecule has 0 radical (unpaired) electrons. The molecule has 128 valence electrons. The Morgan fingerprint density at radius 1 is 1.12 bits per heavy atom. The fourth-order valence-electron chi connectivity index (χ4n) is 2.17. The molecule has 0 unspecified atom stereocenters. The van der Waals surface area contributed by atoms with Crippen LogP contribution in [0.3, 0.4) is 0 Å². The zero-order valence-corrected chi connectivity index (χ0v) is 12.7. The van der Waals surface area contributed by atoms with Crippen LogP contribution in [0.2, 0.25) is 0 Å². The molecule has 0 spiro atoms. The van der Waals surface area contributed by atoms with Crippen LogP contribution in [0, 0.1) is 5.82 Å². The van der Waals surface area contributed by atoms with Gasteiger partial charge in [-0.15, -0.1) is 0 Å². The van der Waals surface area contributed by atoms with E-state index < -0.39 is 30.5 Å². The van der Waals surface area contributed by atoms with E-state index in [-0.39, 0.29) is 11.3 Å². The second-order valence-electron chi connectivity index (χ2n) is 5.13. The maximum absolute atomic E-state index is 12.9. The number of rotatable bonds is 6. The number of alkyl halides is 2. The highest BCUT2D eigenvalue weighted by Gasteiger charge is 2.21. The third-order valence-electron chi connectivity index (χ3n) is 3.39. The fraction of sp³-hybridized carbons (Fsp3) is 0.235. The van der Waals surface area contributed by atoms with Crippen LogP contribution in [-0.4, -0.2) is 23.7 Å². The van der Waals surface area contributed by atoms with Gasteiger partial charge in [0.25, 0.3) is 5.91 Å². The molecule has 0 aliphatic heterocycles. The molecule has 2 atom stereocenters. The topological polar surface area (TPSA) is 58.6 Å². The van der Waals surface area contributed by atoms with E-state index in [0.29, 0.717) is 5.56 Å². The van der Waals surface area contributed by atoms with E-state index in [4.69, 9.17) is 0 Å². The molecule has 24 heavy (non-hydrogen) atoms. The average Bonchev–Trinajstić information content (AvgIpc) is 2.54. The van der Waals surface area contributed by atoms with Gasteiger partial charge in [-0.1, -0.05) is 24.3 Å². The molecule has 0 saturated heterocycles. The number of carbonyl (C=O) groups is 1. The number of halogens is 3. The summed E-state index contributed by atoms with van der Waals surface area (Å²) in [5.41, 5.74) is 0.345. The molecule has 0 heterocycles. The van der Waals surface area contributed by atoms with Gasteiger partial charge in [0.15, 0.2) is 0 Å². The van der Waals surface area contributed by atoms with E-state index in [0.717, 1.165) is 0 Å². The summed E-state index contributed by atoms with van der Waals surface area (Å²) < 4.78 is 42.0. The second-order valence-corrected chi connectivity index (χ2v) is 5.13. The molecule has 0 saturated carbocycles. The molecule has 2 aromatic carbocycles. The van der Waals surface area contributed by atoms with Gasteiger partial charge in [-0.05, 0) is 36.8 Å². The first-order chi connectivity index (χ1) is 11.4. The summed E-state index contributed by atoms with van der Waals surface area (Å²) in [4.78, 5) is 12.2. The number of aliphatic hydroxyl groups excluding tert-OH is 1. The quantitative estimate of drug-likeness (QED) is 0.849. The van der Waals surface area contributed by atoms with Crippen molar-refractivity contribution in [3.8, 4) is 5.75 Å². The molecule has 2 rings (SSSR count). The molecule has 7 heteroatoms. The predicted molar refractivity (Wildman–Crippen MR) is 81.4 cm³/mol. The van der Waals surface area contributed by atoms with Gasteiger partial charge >= 0.3 is 6.61 Å². The van der Waals surface area contributed by atoms with Crippen molar-refractivity contribution in [2.75, 3.05) is 0 Å². The van der Waals surface area contributed by atoms with Crippen LogP contribution in [0.4, 0.5) is 13.2 Å². The Kier molecular flexibility index (Phi) is 5.81. The molecule has 0 bridgehead atoms. The normalized spacial score (nSPS) is 13.4. The monoisotopic (exact) mass is 339 g/mol. The number of nitrogens with one attached hydrogen (secondary N) is 1. The number of hydrogen-bond acceptors (Lipinski definition) is 3. The first-order valence-electron chi connectivity index (χ1n) is 7.16. The Morgan fingerprint density at radius 2 is 1.75 bits per heavy atom. The average molecular weight is 339 g/mol. The second kappa shape index (κ2) is 7.83. The minimum absolute atomic E-state index is 0.0732. The molecular weight excluding hydrogens is 323 g/mol. The van der Waals surface area contributed by atoms with Gasteiger partial charge in [0.2, 0.25) is 0 Å². The van der Waals surface area contributed by atoms with Crippen molar-refractivity contribution < 1.29 is 27.8 Å². The Balaban J connectivity index is 2.10. The van der Waals surface area contributed by atoms with E-state index >= 15 is 0 Å². The standard InChI is InChI=1S/C17H16F3NO3/c1-10(15(22)11-6-8-12(18)9-7-11)21-16(23)13-4-2-3-5-14(13)24-17(19)20/h2-10,15,17,22H,1H3,(H,21,23)/t10-,15+/m0/s1. The lowest BCUT2D eigenvalue weighted by Crippen LogP contribution is -2.37. The molecular formula is C17H16F3NO3. The summed E-state index contributed by atoms with van der Waals surface area (Å²) in [6.45, 7) is -1.51. The molecule has 1 amide bonds. The minimum Gasteiger partial charge on any atom is -0.434 e. The minimum atomic E-state index is -3.05. The van der Waals surface area contributed by atoms with Gasteiger partial charge < -0.3 is 15.2 Å². The van der Waals surface area contributed by atoms with Crippen molar-refractivity contribution in [3.63, 3.8) is 0 Å². The smallest absolute Gasteiger partial charge is 0.387 e. The van der Waals surface area contributed by atoms with Crippen LogP contribution in [-0.2, 0) is 0 Å². The number of carbonyl (C=O) groups excluding carboxylic acids is 1. The summed E-state index contributed by atoms with van der Waals surface area (Å²) in [6.07, 6.45) is -1.09. The van der Waals surface area contributed by atoms with Crippen LogP contribution in [0.25, 0.3) is 0 Å². The number of benzene rings is 2.